The van der Waals surface area contributed by atoms with Crippen LogP contribution in [-0.4, -0.2) is 33.4 Å². The van der Waals surface area contributed by atoms with Crippen LogP contribution < -0.4 is 20.6 Å². The van der Waals surface area contributed by atoms with Gasteiger partial charge in [-0.3, -0.25) is 25.2 Å². The van der Waals surface area contributed by atoms with E-state index in [-0.39, 0.29) is 11.6 Å². The Morgan fingerprint density at radius 1 is 1.18 bits per heavy atom. The standard InChI is InChI=1S/C24H27N5O4S/c1-3-5-8-14-34-24-26-23(30)21-17-9-6-7-10-19(17)25-22(28(21)27-24)18-15-16(29(31)32)11-12-20(18)33-13-4-2/h6-7,9-12,15,22H,3-5,8,13-14H2,1-2H3,(H,26,27,30)/t22-/m1/s1. The molecule has 0 aromatic heterocycles. The number of carbonyl (C=O) groups excluding carboxylic acids is 1. The molecule has 178 valence electrons. The van der Waals surface area contributed by atoms with Crippen molar-refractivity contribution in [2.75, 3.05) is 12.4 Å². The van der Waals surface area contributed by atoms with Crippen molar-refractivity contribution in [1.82, 2.24) is 10.3 Å². The Morgan fingerprint density at radius 2 is 2.00 bits per heavy atom. The molecule has 0 bridgehead atoms. The number of amides is 1. The molecule has 1 amide bonds. The lowest BCUT2D eigenvalue weighted by Gasteiger charge is -2.34. The van der Waals surface area contributed by atoms with Gasteiger partial charge in [-0.25, -0.2) is 5.01 Å². The number of nitrogens with one attached hydrogen (secondary N) is 1. The van der Waals surface area contributed by atoms with E-state index < -0.39 is 11.1 Å². The molecule has 9 nitrogen and oxygen atoms in total. The molecule has 0 saturated heterocycles. The maximum atomic E-state index is 13.2. The zero-order valence-electron chi connectivity index (χ0n) is 19.2. The summed E-state index contributed by atoms with van der Waals surface area (Å²) in [6.45, 7) is 4.58. The maximum Gasteiger partial charge on any atom is 0.276 e. The van der Waals surface area contributed by atoms with E-state index in [2.05, 4.69) is 12.2 Å². The van der Waals surface area contributed by atoms with Crippen molar-refractivity contribution in [2.24, 2.45) is 10.1 Å². The number of fused-ring (bicyclic) bond motifs is 2. The van der Waals surface area contributed by atoms with E-state index in [1.807, 2.05) is 31.2 Å². The van der Waals surface area contributed by atoms with Gasteiger partial charge in [0.05, 0.1) is 16.9 Å². The molecule has 2 aliphatic heterocycles. The van der Waals surface area contributed by atoms with E-state index in [0.717, 1.165) is 31.4 Å². The lowest BCUT2D eigenvalue weighted by Crippen LogP contribution is -2.50. The molecule has 0 fully saturated rings. The Kier molecular flexibility index (Phi) is 7.46. The van der Waals surface area contributed by atoms with E-state index >= 15 is 0 Å². The summed E-state index contributed by atoms with van der Waals surface area (Å²) in [5, 5.41) is 22.5. The zero-order valence-corrected chi connectivity index (χ0v) is 20.0. The molecule has 2 aliphatic rings. The Morgan fingerprint density at radius 3 is 2.76 bits per heavy atom. The van der Waals surface area contributed by atoms with Crippen molar-refractivity contribution in [2.45, 2.75) is 45.7 Å². The molecule has 34 heavy (non-hydrogen) atoms. The lowest BCUT2D eigenvalue weighted by atomic mass is 10.1. The average Bonchev–Trinajstić information content (AvgIpc) is 2.84. The van der Waals surface area contributed by atoms with E-state index in [4.69, 9.17) is 14.8 Å². The number of hydrazone groups is 1. The molecule has 4 rings (SSSR count). The quantitative estimate of drug-likeness (QED) is 0.334. The first-order valence-electron chi connectivity index (χ1n) is 11.4. The summed E-state index contributed by atoms with van der Waals surface area (Å²) in [6, 6.07) is 11.8. The van der Waals surface area contributed by atoms with Crippen LogP contribution in [-0.2, 0) is 4.79 Å². The van der Waals surface area contributed by atoms with Crippen molar-refractivity contribution >= 4 is 34.2 Å². The lowest BCUT2D eigenvalue weighted by molar-refractivity contribution is -0.385. The van der Waals surface area contributed by atoms with E-state index in [0.29, 0.717) is 39.4 Å². The molecule has 2 aromatic rings. The van der Waals surface area contributed by atoms with Gasteiger partial charge < -0.3 is 4.74 Å². The van der Waals surface area contributed by atoms with Crippen LogP contribution in [0.4, 0.5) is 5.69 Å². The highest BCUT2D eigenvalue weighted by molar-refractivity contribution is 8.13. The topological polar surface area (TPSA) is 109 Å². The van der Waals surface area contributed by atoms with Crippen LogP contribution in [0.25, 0.3) is 5.70 Å². The van der Waals surface area contributed by atoms with Crippen molar-refractivity contribution in [3.8, 4) is 5.75 Å². The molecule has 0 saturated carbocycles. The van der Waals surface area contributed by atoms with Gasteiger partial charge in [0.1, 0.15) is 11.4 Å². The second-order valence-electron chi connectivity index (χ2n) is 7.96. The molecule has 0 radical (unpaired) electrons. The summed E-state index contributed by atoms with van der Waals surface area (Å²) in [7, 11) is 0. The fourth-order valence-electron chi connectivity index (χ4n) is 3.81. The number of rotatable bonds is 9. The summed E-state index contributed by atoms with van der Waals surface area (Å²) in [4.78, 5) is 29.2. The Labute approximate surface area is 201 Å². The fraction of sp³-hybridized carbons (Fsp3) is 0.375. The number of hydrogen-bond donors (Lipinski definition) is 1. The second kappa shape index (κ2) is 10.7. The third kappa shape index (κ3) is 4.91. The number of amidine groups is 1. The normalized spacial score (nSPS) is 16.7. The molecule has 2 heterocycles. The fourth-order valence-corrected chi connectivity index (χ4v) is 4.66. The van der Waals surface area contributed by atoms with E-state index in [9.17, 15) is 14.9 Å². The predicted octanol–water partition coefficient (Wildman–Crippen LogP) is 3.45. The predicted molar refractivity (Wildman–Crippen MR) is 132 cm³/mol. The maximum absolute atomic E-state index is 13.2. The van der Waals surface area contributed by atoms with Crippen LogP contribution in [0, 0.1) is 10.1 Å². The molecule has 2 aromatic carbocycles. The third-order valence-electron chi connectivity index (χ3n) is 5.45. The minimum atomic E-state index is -0.783. The number of non-ortho nitro benzene ring substituents is 1. The number of carbonyl (C=O) groups is 1. The van der Waals surface area contributed by atoms with Gasteiger partial charge in [-0.15, -0.1) is 5.10 Å². The number of nitro benzene ring substituents is 1. The zero-order chi connectivity index (χ0) is 24.1. The van der Waals surface area contributed by atoms with Crippen LogP contribution in [0.5, 0.6) is 5.75 Å². The summed E-state index contributed by atoms with van der Waals surface area (Å²) < 4.78 is 5.91. The first kappa shape index (κ1) is 23.7. The number of nitro groups is 1. The number of unbranched alkanes of at least 4 members (excludes halogenated alkanes) is 2. The SMILES string of the molecule is CCCCCSC1=NN2C(=c3ccccc3=N[C@H]2c2cc([N+](=O)[O-])ccc2OCCC)C(=O)N1. The van der Waals surface area contributed by atoms with Crippen molar-refractivity contribution in [3.63, 3.8) is 0 Å². The molecule has 1 N–H and O–H groups in total. The number of nitrogens with zero attached hydrogens (tertiary/aromatic N) is 4. The number of benzene rings is 2. The smallest absolute Gasteiger partial charge is 0.276 e. The number of hydrogen-bond acceptors (Lipinski definition) is 8. The van der Waals surface area contributed by atoms with E-state index in [1.54, 1.807) is 11.1 Å². The Hall–Kier alpha value is -3.40. The molecule has 0 spiro atoms. The molecular weight excluding hydrogens is 454 g/mol. The van der Waals surface area contributed by atoms with Crippen LogP contribution in [0.1, 0.15) is 51.3 Å². The average molecular weight is 482 g/mol. The number of thioether (sulfide) groups is 1. The highest BCUT2D eigenvalue weighted by atomic mass is 32.2. The van der Waals surface area contributed by atoms with Gasteiger partial charge in [-0.05, 0) is 25.0 Å². The van der Waals surface area contributed by atoms with Gasteiger partial charge in [-0.1, -0.05) is 56.7 Å². The highest BCUT2D eigenvalue weighted by Gasteiger charge is 2.36. The van der Waals surface area contributed by atoms with Gasteiger partial charge in [0.2, 0.25) is 0 Å². The van der Waals surface area contributed by atoms with Crippen molar-refractivity contribution in [1.29, 1.82) is 0 Å². The summed E-state index contributed by atoms with van der Waals surface area (Å²) in [6.07, 6.45) is 3.22. The summed E-state index contributed by atoms with van der Waals surface area (Å²) in [5.74, 6) is 1.04. The first-order chi connectivity index (χ1) is 16.5. The van der Waals surface area contributed by atoms with Gasteiger partial charge >= 0.3 is 0 Å². The van der Waals surface area contributed by atoms with E-state index in [1.165, 1.54) is 23.9 Å². The first-order valence-corrected chi connectivity index (χ1v) is 12.4. The van der Waals surface area contributed by atoms with Gasteiger partial charge in [0.25, 0.3) is 11.6 Å². The van der Waals surface area contributed by atoms with Gasteiger partial charge in [-0.2, -0.15) is 0 Å². The molecular formula is C24H27N5O4S. The minimum Gasteiger partial charge on any atom is -0.493 e. The largest absolute Gasteiger partial charge is 0.493 e. The summed E-state index contributed by atoms with van der Waals surface area (Å²) >= 11 is 1.48. The number of para-hydroxylation sites is 1. The second-order valence-corrected chi connectivity index (χ2v) is 9.04. The van der Waals surface area contributed by atoms with Crippen molar-refractivity contribution < 1.29 is 14.5 Å². The van der Waals surface area contributed by atoms with Crippen LogP contribution >= 0.6 is 11.8 Å². The Balaban J connectivity index is 1.84. The third-order valence-corrected chi connectivity index (χ3v) is 6.40. The molecule has 1 atom stereocenters. The molecule has 0 unspecified atom stereocenters. The highest BCUT2D eigenvalue weighted by Crippen LogP contribution is 2.37. The van der Waals surface area contributed by atoms with Crippen molar-refractivity contribution in [3.05, 3.63) is 68.7 Å². The number of ether oxygens (including phenoxy) is 1. The Bertz CT molecular complexity index is 1250. The van der Waals surface area contributed by atoms with Crippen LogP contribution in [0.2, 0.25) is 0 Å². The molecule has 0 aliphatic carbocycles. The van der Waals surface area contributed by atoms with Gasteiger partial charge in [0.15, 0.2) is 11.3 Å². The minimum absolute atomic E-state index is 0.0749. The van der Waals surface area contributed by atoms with Crippen LogP contribution in [0.3, 0.4) is 0 Å². The monoisotopic (exact) mass is 481 g/mol. The van der Waals surface area contributed by atoms with Crippen LogP contribution in [0.15, 0.2) is 52.6 Å². The molecule has 10 heteroatoms. The summed E-state index contributed by atoms with van der Waals surface area (Å²) in [5.41, 5.74) is 0.777. The van der Waals surface area contributed by atoms with Gasteiger partial charge in [0, 0.05) is 28.7 Å².